The summed E-state index contributed by atoms with van der Waals surface area (Å²) in [5.74, 6) is -1.94. The monoisotopic (exact) mass is 251 g/mol. The van der Waals surface area contributed by atoms with Gasteiger partial charge in [0.1, 0.15) is 5.82 Å². The maximum Gasteiger partial charge on any atom is 0.328 e. The third kappa shape index (κ3) is 4.01. The molecule has 1 aromatic rings. The van der Waals surface area contributed by atoms with Gasteiger partial charge in [-0.05, 0) is 30.5 Å². The molecule has 0 radical (unpaired) electrons. The number of carbonyl (C=O) groups excluding carboxylic acids is 1. The Bertz CT molecular complexity index is 486. The van der Waals surface area contributed by atoms with Gasteiger partial charge in [-0.3, -0.25) is 4.79 Å². The Hall–Kier alpha value is -2.17. The molecule has 0 unspecified atom stereocenters. The second kappa shape index (κ2) is 5.95. The molecule has 2 N–H and O–H groups in total. The molecule has 4 nitrogen and oxygen atoms in total. The van der Waals surface area contributed by atoms with Crippen molar-refractivity contribution in [3.05, 3.63) is 46.8 Å². The van der Waals surface area contributed by atoms with Crippen molar-refractivity contribution in [3.63, 3.8) is 0 Å². The summed E-state index contributed by atoms with van der Waals surface area (Å²) >= 11 is 0. The average molecular weight is 251 g/mol. The number of benzene rings is 1. The number of halogens is 1. The number of nitrogens with one attached hydrogen (secondary N) is 1. The third-order valence-corrected chi connectivity index (χ3v) is 2.34. The second-order valence-electron chi connectivity index (χ2n) is 3.93. The zero-order valence-corrected chi connectivity index (χ0v) is 10.2. The predicted molar refractivity (Wildman–Crippen MR) is 64.5 cm³/mol. The molecule has 1 aromatic carbocycles. The molecule has 0 aromatic heterocycles. The zero-order valence-electron chi connectivity index (χ0n) is 10.2. The minimum atomic E-state index is -1.18. The van der Waals surface area contributed by atoms with E-state index in [1.807, 2.05) is 0 Å². The molecule has 0 spiro atoms. The van der Waals surface area contributed by atoms with E-state index in [0.29, 0.717) is 11.1 Å². The van der Waals surface area contributed by atoms with Crippen molar-refractivity contribution >= 4 is 11.9 Å². The van der Waals surface area contributed by atoms with E-state index >= 15 is 0 Å². The fraction of sp³-hybridized carbons (Fsp3) is 0.231. The summed E-state index contributed by atoms with van der Waals surface area (Å²) in [5, 5.41) is 10.9. The predicted octanol–water partition coefficient (Wildman–Crippen LogP) is 1.70. The maximum absolute atomic E-state index is 13.4. The Kier molecular flexibility index (Phi) is 4.59. The van der Waals surface area contributed by atoms with Crippen molar-refractivity contribution in [1.29, 1.82) is 0 Å². The van der Waals surface area contributed by atoms with E-state index in [-0.39, 0.29) is 12.4 Å². The lowest BCUT2D eigenvalue weighted by Gasteiger charge is -2.07. The van der Waals surface area contributed by atoms with Crippen LogP contribution >= 0.6 is 0 Å². The van der Waals surface area contributed by atoms with Crippen LogP contribution in [0.2, 0.25) is 0 Å². The molecule has 0 bridgehead atoms. The van der Waals surface area contributed by atoms with Gasteiger partial charge in [0.05, 0.1) is 0 Å². The van der Waals surface area contributed by atoms with Gasteiger partial charge in [-0.25, -0.2) is 9.18 Å². The summed E-state index contributed by atoms with van der Waals surface area (Å²) in [5.41, 5.74) is 1.80. The Morgan fingerprint density at radius 3 is 2.33 bits per heavy atom. The lowest BCUT2D eigenvalue weighted by Crippen LogP contribution is -2.20. The topological polar surface area (TPSA) is 66.4 Å². The summed E-state index contributed by atoms with van der Waals surface area (Å²) < 4.78 is 13.4. The maximum atomic E-state index is 13.4. The van der Waals surface area contributed by atoms with Crippen molar-refractivity contribution < 1.29 is 19.1 Å². The largest absolute Gasteiger partial charge is 0.478 e. The smallest absolute Gasteiger partial charge is 0.328 e. The van der Waals surface area contributed by atoms with Crippen molar-refractivity contribution in [1.82, 2.24) is 5.32 Å². The van der Waals surface area contributed by atoms with Gasteiger partial charge in [0.15, 0.2) is 0 Å². The second-order valence-corrected chi connectivity index (χ2v) is 3.93. The molecule has 0 atom stereocenters. The number of aryl methyl sites for hydroxylation is 2. The quantitative estimate of drug-likeness (QED) is 0.800. The van der Waals surface area contributed by atoms with Crippen LogP contribution in [-0.2, 0) is 16.1 Å². The van der Waals surface area contributed by atoms with E-state index in [9.17, 15) is 14.0 Å². The van der Waals surface area contributed by atoms with Crippen molar-refractivity contribution in [2.45, 2.75) is 20.4 Å². The van der Waals surface area contributed by atoms with E-state index in [4.69, 9.17) is 5.11 Å². The average Bonchev–Trinajstić information content (AvgIpc) is 2.30. The number of amides is 1. The SMILES string of the molecule is Cc1cc(CNC(=O)C=CC(=O)O)cc(C)c1F. The van der Waals surface area contributed by atoms with Crippen LogP contribution in [0.3, 0.4) is 0 Å². The summed E-state index contributed by atoms with van der Waals surface area (Å²) in [6, 6.07) is 3.28. The fourth-order valence-electron chi connectivity index (χ4n) is 1.53. The molecule has 0 saturated carbocycles. The molecule has 96 valence electrons. The van der Waals surface area contributed by atoms with Crippen LogP contribution in [0.4, 0.5) is 4.39 Å². The van der Waals surface area contributed by atoms with Crippen LogP contribution < -0.4 is 5.32 Å². The first-order chi connectivity index (χ1) is 8.40. The molecular formula is C13H14FNO3. The van der Waals surface area contributed by atoms with E-state index < -0.39 is 11.9 Å². The normalized spacial score (nSPS) is 10.6. The first-order valence-electron chi connectivity index (χ1n) is 5.34. The first kappa shape index (κ1) is 13.9. The minimum absolute atomic E-state index is 0.227. The van der Waals surface area contributed by atoms with Crippen LogP contribution in [0.1, 0.15) is 16.7 Å². The lowest BCUT2D eigenvalue weighted by atomic mass is 10.1. The molecule has 0 fully saturated rings. The van der Waals surface area contributed by atoms with E-state index in [1.165, 1.54) is 0 Å². The highest BCUT2D eigenvalue weighted by atomic mass is 19.1. The van der Waals surface area contributed by atoms with E-state index in [0.717, 1.165) is 17.7 Å². The summed E-state index contributed by atoms with van der Waals surface area (Å²) in [6.45, 7) is 3.53. The van der Waals surface area contributed by atoms with Crippen molar-refractivity contribution in [2.24, 2.45) is 0 Å². The number of aliphatic carboxylic acids is 1. The summed E-state index contributed by atoms with van der Waals surface area (Å²) in [7, 11) is 0. The highest BCUT2D eigenvalue weighted by Crippen LogP contribution is 2.14. The molecule has 0 aliphatic carbocycles. The van der Waals surface area contributed by atoms with Crippen molar-refractivity contribution in [3.8, 4) is 0 Å². The van der Waals surface area contributed by atoms with Gasteiger partial charge >= 0.3 is 5.97 Å². The van der Waals surface area contributed by atoms with Crippen LogP contribution in [0.5, 0.6) is 0 Å². The number of rotatable bonds is 4. The highest BCUT2D eigenvalue weighted by molar-refractivity contribution is 5.93. The molecule has 1 amide bonds. The number of carbonyl (C=O) groups is 2. The van der Waals surface area contributed by atoms with Gasteiger partial charge in [0, 0.05) is 18.7 Å². The molecule has 5 heteroatoms. The molecule has 0 saturated heterocycles. The zero-order chi connectivity index (χ0) is 13.7. The van der Waals surface area contributed by atoms with Gasteiger partial charge in [-0.2, -0.15) is 0 Å². The Morgan fingerprint density at radius 1 is 1.28 bits per heavy atom. The van der Waals surface area contributed by atoms with Gasteiger partial charge in [0.2, 0.25) is 5.91 Å². The number of carboxylic acids is 1. The van der Waals surface area contributed by atoms with Gasteiger partial charge < -0.3 is 10.4 Å². The number of hydrogen-bond donors (Lipinski definition) is 2. The third-order valence-electron chi connectivity index (χ3n) is 2.34. The molecule has 0 heterocycles. The number of hydrogen-bond acceptors (Lipinski definition) is 2. The number of carboxylic acid groups (broad SMARTS) is 1. The van der Waals surface area contributed by atoms with E-state index in [2.05, 4.69) is 5.32 Å². The molecule has 1 rings (SSSR count). The Morgan fingerprint density at radius 2 is 1.83 bits per heavy atom. The van der Waals surface area contributed by atoms with Crippen LogP contribution in [0.25, 0.3) is 0 Å². The molecule has 18 heavy (non-hydrogen) atoms. The Balaban J connectivity index is 2.64. The standard InChI is InChI=1S/C13H14FNO3/c1-8-5-10(6-9(2)13(8)14)7-15-11(16)3-4-12(17)18/h3-6H,7H2,1-2H3,(H,15,16)(H,17,18). The van der Waals surface area contributed by atoms with Gasteiger partial charge in [-0.1, -0.05) is 12.1 Å². The van der Waals surface area contributed by atoms with Crippen LogP contribution in [0.15, 0.2) is 24.3 Å². The van der Waals surface area contributed by atoms with Gasteiger partial charge in [-0.15, -0.1) is 0 Å². The molecule has 0 aliphatic heterocycles. The fourth-order valence-corrected chi connectivity index (χ4v) is 1.53. The highest BCUT2D eigenvalue weighted by Gasteiger charge is 2.05. The first-order valence-corrected chi connectivity index (χ1v) is 5.34. The Labute approximate surface area is 104 Å². The molecule has 0 aliphatic rings. The van der Waals surface area contributed by atoms with E-state index in [1.54, 1.807) is 26.0 Å². The van der Waals surface area contributed by atoms with Crippen LogP contribution in [-0.4, -0.2) is 17.0 Å². The summed E-state index contributed by atoms with van der Waals surface area (Å²) in [6.07, 6.45) is 1.70. The molecular weight excluding hydrogens is 237 g/mol. The van der Waals surface area contributed by atoms with Crippen molar-refractivity contribution in [2.75, 3.05) is 0 Å². The van der Waals surface area contributed by atoms with Gasteiger partial charge in [0.25, 0.3) is 0 Å². The van der Waals surface area contributed by atoms with Crippen LogP contribution in [0, 0.1) is 19.7 Å². The minimum Gasteiger partial charge on any atom is -0.478 e. The lowest BCUT2D eigenvalue weighted by molar-refractivity contribution is -0.131. The summed E-state index contributed by atoms with van der Waals surface area (Å²) in [4.78, 5) is 21.4.